The number of carbonyl (C=O) groups excluding carboxylic acids is 1. The maximum atomic E-state index is 13.6. The number of carbonyl (C=O) groups is 1. The third-order valence-corrected chi connectivity index (χ3v) is 3.93. The minimum Gasteiger partial charge on any atom is -0.489 e. The zero-order valence-electron chi connectivity index (χ0n) is 14.2. The van der Waals surface area contributed by atoms with E-state index >= 15 is 0 Å². The first-order valence-electron chi connectivity index (χ1n) is 8.17. The maximum absolute atomic E-state index is 13.6. The van der Waals surface area contributed by atoms with Gasteiger partial charge in [-0.15, -0.1) is 0 Å². The number of hydrogen-bond acceptors (Lipinski definition) is 3. The fraction of sp³-hybridized carbons (Fsp3) is 0.0476. The highest BCUT2D eigenvalue weighted by Crippen LogP contribution is 2.15. The minimum absolute atomic E-state index is 0.149. The smallest absolute Gasteiger partial charge is 0.271 e. The van der Waals surface area contributed by atoms with Crippen molar-refractivity contribution >= 4 is 23.7 Å². The van der Waals surface area contributed by atoms with Gasteiger partial charge in [-0.2, -0.15) is 5.10 Å². The Morgan fingerprint density at radius 2 is 1.85 bits per heavy atom. The van der Waals surface area contributed by atoms with Crippen molar-refractivity contribution < 1.29 is 13.9 Å². The molecule has 0 radical (unpaired) electrons. The molecule has 0 aromatic heterocycles. The topological polar surface area (TPSA) is 50.7 Å². The average molecular weight is 383 g/mol. The van der Waals surface area contributed by atoms with Crippen molar-refractivity contribution in [1.29, 1.82) is 0 Å². The van der Waals surface area contributed by atoms with Crippen molar-refractivity contribution in [2.75, 3.05) is 0 Å². The molecule has 0 unspecified atom stereocenters. The molecule has 0 saturated carbocycles. The normalized spacial score (nSPS) is 10.7. The van der Waals surface area contributed by atoms with Crippen LogP contribution >= 0.6 is 11.6 Å². The van der Waals surface area contributed by atoms with E-state index in [0.717, 1.165) is 5.56 Å². The quantitative estimate of drug-likeness (QED) is 0.490. The highest BCUT2D eigenvalue weighted by atomic mass is 35.5. The number of ether oxygens (including phenoxy) is 1. The Bertz CT molecular complexity index is 958. The van der Waals surface area contributed by atoms with Crippen LogP contribution in [-0.2, 0) is 6.61 Å². The highest BCUT2D eigenvalue weighted by molar-refractivity contribution is 6.30. The predicted molar refractivity (Wildman–Crippen MR) is 104 cm³/mol. The van der Waals surface area contributed by atoms with E-state index in [1.165, 1.54) is 12.3 Å². The van der Waals surface area contributed by atoms with E-state index in [4.69, 9.17) is 16.3 Å². The van der Waals surface area contributed by atoms with Gasteiger partial charge in [-0.05, 0) is 54.1 Å². The third-order valence-electron chi connectivity index (χ3n) is 3.70. The van der Waals surface area contributed by atoms with E-state index in [1.807, 2.05) is 0 Å². The lowest BCUT2D eigenvalue weighted by Gasteiger charge is -2.07. The molecule has 3 aromatic carbocycles. The first-order chi connectivity index (χ1) is 13.1. The van der Waals surface area contributed by atoms with E-state index in [2.05, 4.69) is 10.5 Å². The minimum atomic E-state index is -0.349. The molecule has 6 heteroatoms. The summed E-state index contributed by atoms with van der Waals surface area (Å²) in [5.74, 6) is -0.0337. The lowest BCUT2D eigenvalue weighted by atomic mass is 10.2. The molecule has 0 atom stereocenters. The Morgan fingerprint density at radius 1 is 1.07 bits per heavy atom. The van der Waals surface area contributed by atoms with E-state index in [1.54, 1.807) is 66.7 Å². The summed E-state index contributed by atoms with van der Waals surface area (Å²) in [6, 6.07) is 20.1. The number of rotatable bonds is 6. The zero-order chi connectivity index (χ0) is 19.1. The van der Waals surface area contributed by atoms with Gasteiger partial charge in [-0.1, -0.05) is 35.9 Å². The summed E-state index contributed by atoms with van der Waals surface area (Å²) in [5, 5.41) is 4.41. The van der Waals surface area contributed by atoms with Crippen molar-refractivity contribution in [3.63, 3.8) is 0 Å². The summed E-state index contributed by atoms with van der Waals surface area (Å²) < 4.78 is 19.1. The molecule has 27 heavy (non-hydrogen) atoms. The number of nitrogens with one attached hydrogen (secondary N) is 1. The number of halogens is 2. The molecular formula is C21H16ClFN2O2. The summed E-state index contributed by atoms with van der Waals surface area (Å²) in [6.45, 7) is 0.149. The zero-order valence-corrected chi connectivity index (χ0v) is 15.0. The summed E-state index contributed by atoms with van der Waals surface area (Å²) >= 11 is 5.86. The Balaban J connectivity index is 1.53. The summed E-state index contributed by atoms with van der Waals surface area (Å²) in [4.78, 5) is 12.0. The molecule has 0 fully saturated rings. The van der Waals surface area contributed by atoms with Crippen LogP contribution in [-0.4, -0.2) is 12.1 Å². The molecule has 0 heterocycles. The second kappa shape index (κ2) is 8.96. The molecule has 3 aromatic rings. The number of nitrogens with zero attached hydrogens (tertiary/aromatic N) is 1. The Kier molecular flexibility index (Phi) is 6.18. The van der Waals surface area contributed by atoms with Gasteiger partial charge in [-0.3, -0.25) is 4.79 Å². The Morgan fingerprint density at radius 3 is 2.59 bits per heavy atom. The number of hydrazone groups is 1. The van der Waals surface area contributed by atoms with E-state index in [0.29, 0.717) is 21.9 Å². The van der Waals surface area contributed by atoms with Crippen LogP contribution in [0.2, 0.25) is 5.02 Å². The standard InChI is InChI=1S/C21H16ClFN2O2/c22-18-6-3-5-16(12-18)21(26)25-24-13-15-8-10-19(11-9-15)27-14-17-4-1-2-7-20(17)23/h1-13H,14H2,(H,25,26)/b24-13-. The van der Waals surface area contributed by atoms with Gasteiger partial charge < -0.3 is 4.74 Å². The summed E-state index contributed by atoms with van der Waals surface area (Å²) in [7, 11) is 0. The summed E-state index contributed by atoms with van der Waals surface area (Å²) in [6.07, 6.45) is 1.52. The lowest BCUT2D eigenvalue weighted by molar-refractivity contribution is 0.0955. The molecule has 0 saturated heterocycles. The molecule has 136 valence electrons. The van der Waals surface area contributed by atoms with Crippen LogP contribution in [0.5, 0.6) is 5.75 Å². The van der Waals surface area contributed by atoms with Gasteiger partial charge in [0.05, 0.1) is 6.21 Å². The third kappa shape index (κ3) is 5.39. The van der Waals surface area contributed by atoms with Crippen molar-refractivity contribution in [2.24, 2.45) is 5.10 Å². The number of hydrogen-bond donors (Lipinski definition) is 1. The van der Waals surface area contributed by atoms with Crippen molar-refractivity contribution in [1.82, 2.24) is 5.43 Å². The van der Waals surface area contributed by atoms with Crippen LogP contribution in [0.1, 0.15) is 21.5 Å². The average Bonchev–Trinajstić information content (AvgIpc) is 2.68. The molecular weight excluding hydrogens is 367 g/mol. The van der Waals surface area contributed by atoms with Crippen LogP contribution in [0.15, 0.2) is 77.9 Å². The predicted octanol–water partition coefficient (Wildman–Crippen LogP) is 4.82. The molecule has 0 spiro atoms. The molecule has 1 amide bonds. The lowest BCUT2D eigenvalue weighted by Crippen LogP contribution is -2.17. The van der Waals surface area contributed by atoms with Crippen molar-refractivity contribution in [3.8, 4) is 5.75 Å². The van der Waals surface area contributed by atoms with Gasteiger partial charge in [0.2, 0.25) is 0 Å². The molecule has 1 N–H and O–H groups in total. The summed E-state index contributed by atoms with van der Waals surface area (Å²) in [5.41, 5.74) is 4.14. The second-order valence-corrected chi connectivity index (χ2v) is 6.10. The molecule has 0 aliphatic heterocycles. The van der Waals surface area contributed by atoms with Crippen LogP contribution in [0.3, 0.4) is 0 Å². The maximum Gasteiger partial charge on any atom is 0.271 e. The second-order valence-electron chi connectivity index (χ2n) is 5.66. The first-order valence-corrected chi connectivity index (χ1v) is 8.55. The fourth-order valence-corrected chi connectivity index (χ4v) is 2.48. The first kappa shape index (κ1) is 18.6. The Labute approximate surface area is 161 Å². The van der Waals surface area contributed by atoms with Gasteiger partial charge >= 0.3 is 0 Å². The molecule has 0 bridgehead atoms. The molecule has 0 aliphatic rings. The van der Waals surface area contributed by atoms with Crippen LogP contribution in [0.25, 0.3) is 0 Å². The van der Waals surface area contributed by atoms with Crippen LogP contribution < -0.4 is 10.2 Å². The van der Waals surface area contributed by atoms with Crippen molar-refractivity contribution in [2.45, 2.75) is 6.61 Å². The van der Waals surface area contributed by atoms with E-state index < -0.39 is 0 Å². The van der Waals surface area contributed by atoms with Crippen LogP contribution in [0.4, 0.5) is 4.39 Å². The monoisotopic (exact) mass is 382 g/mol. The number of amides is 1. The van der Waals surface area contributed by atoms with Crippen LogP contribution in [0, 0.1) is 5.82 Å². The largest absolute Gasteiger partial charge is 0.489 e. The van der Waals surface area contributed by atoms with Gasteiger partial charge in [-0.25, -0.2) is 9.82 Å². The van der Waals surface area contributed by atoms with Gasteiger partial charge in [0, 0.05) is 16.1 Å². The molecule has 4 nitrogen and oxygen atoms in total. The SMILES string of the molecule is O=C(N/N=C\c1ccc(OCc2ccccc2F)cc1)c1cccc(Cl)c1. The van der Waals surface area contributed by atoms with E-state index in [-0.39, 0.29) is 18.3 Å². The fourth-order valence-electron chi connectivity index (χ4n) is 2.29. The van der Waals surface area contributed by atoms with Gasteiger partial charge in [0.25, 0.3) is 5.91 Å². The Hall–Kier alpha value is -3.18. The molecule has 0 aliphatic carbocycles. The van der Waals surface area contributed by atoms with Gasteiger partial charge in [0.1, 0.15) is 18.2 Å². The molecule has 3 rings (SSSR count). The van der Waals surface area contributed by atoms with Gasteiger partial charge in [0.15, 0.2) is 0 Å². The van der Waals surface area contributed by atoms with Crippen molar-refractivity contribution in [3.05, 3.63) is 100 Å². The highest BCUT2D eigenvalue weighted by Gasteiger charge is 2.04. The van der Waals surface area contributed by atoms with E-state index in [9.17, 15) is 9.18 Å². The number of benzene rings is 3.